The summed E-state index contributed by atoms with van der Waals surface area (Å²) in [5.74, 6) is 1.22. The number of hydrogen-bond acceptors (Lipinski definition) is 4. The molecule has 0 aromatic heterocycles. The fourth-order valence-corrected chi connectivity index (χ4v) is 1.93. The molecular formula is C14H16Cl4N4O2Zn. The molecule has 0 aliphatic rings. The van der Waals surface area contributed by atoms with Gasteiger partial charge in [-0.05, 0) is 45.6 Å². The summed E-state index contributed by atoms with van der Waals surface area (Å²) in [6.45, 7) is 0. The molecule has 0 heterocycles. The van der Waals surface area contributed by atoms with Gasteiger partial charge < -0.3 is 34.3 Å². The van der Waals surface area contributed by atoms with Gasteiger partial charge in [0.1, 0.15) is 0 Å². The Kier molecular flexibility index (Phi) is 14.9. The van der Waals surface area contributed by atoms with Crippen LogP contribution in [0.15, 0.2) is 46.6 Å². The summed E-state index contributed by atoms with van der Waals surface area (Å²) in [5.41, 5.74) is 13.7. The first-order valence-corrected chi connectivity index (χ1v) is 14.2. The van der Waals surface area contributed by atoms with Crippen LogP contribution in [-0.2, 0) is 15.1 Å². The number of hydrogen-bond donors (Lipinski definition) is 2. The fourth-order valence-electron chi connectivity index (χ4n) is 1.93. The second-order valence-electron chi connectivity index (χ2n) is 4.13. The Morgan fingerprint density at radius 1 is 0.800 bits per heavy atom. The summed E-state index contributed by atoms with van der Waals surface area (Å²) in [6, 6.07) is 11.1. The number of nitrogens with zero attached hydrogens (tertiary/aromatic N) is 2. The van der Waals surface area contributed by atoms with Crippen LogP contribution in [-0.4, -0.2) is 14.2 Å². The van der Waals surface area contributed by atoms with Crippen LogP contribution in [0.2, 0.25) is 0 Å². The third kappa shape index (κ3) is 7.42. The molecule has 11 heteroatoms. The van der Waals surface area contributed by atoms with Gasteiger partial charge in [0.2, 0.25) is 0 Å². The Morgan fingerprint density at radius 2 is 1.12 bits per heavy atom. The van der Waals surface area contributed by atoms with Gasteiger partial charge in [0.15, 0.2) is 22.9 Å². The molecule has 0 saturated heterocycles. The Balaban J connectivity index is 0. The molecule has 0 fully saturated rings. The number of ether oxygens (including phenoxy) is 2. The SMILES string of the molecule is COc1cc(-c2ccc(N=[NH2+])c(OC)c2)ccc1N=[NH2+].[Cl-].[Cl-].[Cl][Zn][Cl]. The van der Waals surface area contributed by atoms with Gasteiger partial charge in [0, 0.05) is 0 Å². The van der Waals surface area contributed by atoms with E-state index in [0.717, 1.165) is 11.1 Å². The zero-order valence-electron chi connectivity index (χ0n) is 13.5. The summed E-state index contributed by atoms with van der Waals surface area (Å²) in [5, 5.41) is 7.31. The fraction of sp³-hybridized carbons (Fsp3) is 0.143. The quantitative estimate of drug-likeness (QED) is 0.343. The number of methoxy groups -OCH3 is 2. The first kappa shape index (κ1) is 26.3. The second-order valence-corrected chi connectivity index (χ2v) is 8.76. The maximum absolute atomic E-state index is 5.30. The van der Waals surface area contributed by atoms with Crippen LogP contribution < -0.4 is 45.4 Å². The summed E-state index contributed by atoms with van der Waals surface area (Å²) >= 11 is -0.931. The molecule has 0 bridgehead atoms. The van der Waals surface area contributed by atoms with Crippen LogP contribution in [0.5, 0.6) is 11.5 Å². The van der Waals surface area contributed by atoms with Crippen LogP contribution in [0.3, 0.4) is 0 Å². The topological polar surface area (TPSA) is 94.4 Å². The molecule has 6 nitrogen and oxygen atoms in total. The van der Waals surface area contributed by atoms with Crippen LogP contribution in [0.1, 0.15) is 0 Å². The molecule has 2 rings (SSSR count). The molecule has 0 spiro atoms. The predicted octanol–water partition coefficient (Wildman–Crippen LogP) is -3.56. The Bertz CT molecular complexity index is 634. The molecule has 0 unspecified atom stereocenters. The van der Waals surface area contributed by atoms with Crippen molar-refractivity contribution in [3.63, 3.8) is 0 Å². The minimum atomic E-state index is -0.931. The van der Waals surface area contributed by atoms with Crippen molar-refractivity contribution >= 4 is 30.8 Å². The Labute approximate surface area is 174 Å². The molecule has 0 saturated carbocycles. The summed E-state index contributed by atoms with van der Waals surface area (Å²) in [7, 11) is 13.1. The monoisotopic (exact) mass is 476 g/mol. The van der Waals surface area contributed by atoms with Gasteiger partial charge in [-0.25, -0.2) is 0 Å². The van der Waals surface area contributed by atoms with Crippen molar-refractivity contribution in [1.82, 2.24) is 0 Å². The van der Waals surface area contributed by atoms with E-state index >= 15 is 0 Å². The van der Waals surface area contributed by atoms with Crippen molar-refractivity contribution in [2.75, 3.05) is 14.2 Å². The molecule has 0 aliphatic heterocycles. The van der Waals surface area contributed by atoms with E-state index in [4.69, 9.17) is 39.9 Å². The number of halogens is 4. The summed E-state index contributed by atoms with van der Waals surface area (Å²) < 4.78 is 10.5. The van der Waals surface area contributed by atoms with Crippen LogP contribution >= 0.6 is 19.4 Å². The third-order valence-corrected chi connectivity index (χ3v) is 2.97. The van der Waals surface area contributed by atoms with Crippen LogP contribution in [0, 0.1) is 0 Å². The zero-order chi connectivity index (χ0) is 17.2. The molecule has 0 radical (unpaired) electrons. The van der Waals surface area contributed by atoms with E-state index in [1.165, 1.54) is 0 Å². The first-order chi connectivity index (χ1) is 11.1. The average Bonchev–Trinajstić information content (AvgIpc) is 2.61. The Hall–Kier alpha value is -0.977. The molecular weight excluding hydrogens is 463 g/mol. The maximum atomic E-state index is 5.30. The van der Waals surface area contributed by atoms with Crippen molar-refractivity contribution in [1.29, 1.82) is 0 Å². The van der Waals surface area contributed by atoms with Crippen molar-refractivity contribution in [2.45, 2.75) is 0 Å². The van der Waals surface area contributed by atoms with Gasteiger partial charge in [0.25, 0.3) is 0 Å². The van der Waals surface area contributed by atoms with Crippen molar-refractivity contribution in [3.05, 3.63) is 36.4 Å². The third-order valence-electron chi connectivity index (χ3n) is 2.97. The van der Waals surface area contributed by atoms with E-state index in [-0.39, 0.29) is 24.8 Å². The van der Waals surface area contributed by atoms with Gasteiger partial charge in [-0.2, -0.15) is 11.1 Å². The van der Waals surface area contributed by atoms with E-state index in [1.54, 1.807) is 26.4 Å². The summed E-state index contributed by atoms with van der Waals surface area (Å²) in [6.07, 6.45) is 0. The van der Waals surface area contributed by atoms with Crippen molar-refractivity contribution in [3.8, 4) is 22.6 Å². The van der Waals surface area contributed by atoms with Crippen molar-refractivity contribution in [2.24, 2.45) is 10.2 Å². The predicted molar refractivity (Wildman–Crippen MR) is 84.7 cm³/mol. The Morgan fingerprint density at radius 3 is 1.36 bits per heavy atom. The van der Waals surface area contributed by atoms with E-state index in [9.17, 15) is 0 Å². The number of rotatable bonds is 5. The molecule has 2 aromatic carbocycles. The van der Waals surface area contributed by atoms with Gasteiger partial charge in [-0.15, -0.1) is 0 Å². The van der Waals surface area contributed by atoms with Gasteiger partial charge in [-0.3, -0.25) is 0 Å². The van der Waals surface area contributed by atoms with Gasteiger partial charge in [0.05, 0.1) is 14.2 Å². The van der Waals surface area contributed by atoms with Gasteiger partial charge >= 0.3 is 34.5 Å². The van der Waals surface area contributed by atoms with Crippen molar-refractivity contribution < 1.29 is 60.5 Å². The molecule has 0 atom stereocenters. The zero-order valence-corrected chi connectivity index (χ0v) is 19.5. The molecule has 25 heavy (non-hydrogen) atoms. The number of nitrogens with two attached hydrogens (primary N) is 2. The minimum absolute atomic E-state index is 0. The van der Waals surface area contributed by atoms with E-state index in [0.29, 0.717) is 22.9 Å². The van der Waals surface area contributed by atoms with Crippen LogP contribution in [0.25, 0.3) is 11.1 Å². The van der Waals surface area contributed by atoms with Gasteiger partial charge in [-0.1, -0.05) is 12.1 Å². The standard InChI is InChI=1S/C14H14N4O2.4ClH.Zn/c1-19-13-7-9(3-5-11(13)17-15)10-4-6-12(18-16)14(8-10)20-2;;;;;/h3-8,15-16H,1-2H3;4*1H;/q;;;;;+2/p-2. The summed E-state index contributed by atoms with van der Waals surface area (Å²) in [4.78, 5) is 0. The average molecular weight is 480 g/mol. The molecule has 0 aliphatic carbocycles. The van der Waals surface area contributed by atoms with E-state index in [2.05, 4.69) is 10.2 Å². The van der Waals surface area contributed by atoms with E-state index in [1.807, 2.05) is 24.3 Å². The number of benzene rings is 2. The molecule has 2 aromatic rings. The molecule has 4 N–H and O–H groups in total. The second kappa shape index (κ2) is 14.2. The molecule has 134 valence electrons. The van der Waals surface area contributed by atoms with E-state index < -0.39 is 15.1 Å². The normalized spacial score (nSPS) is 8.32. The van der Waals surface area contributed by atoms with Crippen LogP contribution in [0.4, 0.5) is 11.4 Å². The first-order valence-electron chi connectivity index (χ1n) is 6.45. The molecule has 0 amide bonds.